The molecule has 0 rings (SSSR count). The van der Waals surface area contributed by atoms with Gasteiger partial charge in [0.1, 0.15) is 0 Å². The zero-order valence-electron chi connectivity index (χ0n) is 3.17. The van der Waals surface area contributed by atoms with E-state index in [1.165, 1.54) is 0 Å². The summed E-state index contributed by atoms with van der Waals surface area (Å²) < 4.78 is 0. The third kappa shape index (κ3) is 67.2. The van der Waals surface area contributed by atoms with Crippen LogP contribution in [0.15, 0.2) is 0 Å². The molecule has 0 aromatic heterocycles. The molecule has 0 aliphatic heterocycles. The Balaban J connectivity index is -0.0000000800. The van der Waals surface area contributed by atoms with Crippen molar-refractivity contribution in [1.29, 1.82) is 0 Å². The Morgan fingerprint density at radius 2 is 0.857 bits per heavy atom. The average Bonchev–Trinajstić information content (AvgIpc) is 0.722. The Hall–Kier alpha value is 2.13. The molecule has 0 aliphatic carbocycles. The van der Waals surface area contributed by atoms with Crippen molar-refractivity contribution in [3.63, 3.8) is 0 Å². The van der Waals surface area contributed by atoms with Crippen molar-refractivity contribution < 1.29 is 36.0 Å². The first kappa shape index (κ1) is 16.1. The third-order valence-electron chi connectivity index (χ3n) is 0. The first-order valence-electron chi connectivity index (χ1n) is 0.816. The van der Waals surface area contributed by atoms with Gasteiger partial charge in [0.2, 0.25) is 0 Å². The summed E-state index contributed by atoms with van der Waals surface area (Å²) in [6, 6.07) is 0. The van der Waals surface area contributed by atoms with Crippen molar-refractivity contribution in [1.82, 2.24) is 0 Å². The topological polar surface area (TPSA) is 92.2 Å². The van der Waals surface area contributed by atoms with Gasteiger partial charge in [0, 0.05) is 0 Å². The summed E-state index contributed by atoms with van der Waals surface area (Å²) in [7, 11) is -5.61. The third-order valence-corrected chi connectivity index (χ3v) is 0. The Morgan fingerprint density at radius 3 is 0.857 bits per heavy atom. The van der Waals surface area contributed by atoms with Crippen LogP contribution in [-0.2, 0) is 16.8 Å². The Kier molecular flexibility index (Phi) is 14.4. The van der Waals surface area contributed by atoms with Crippen LogP contribution < -0.4 is 19.2 Å². The summed E-state index contributed by atoms with van der Waals surface area (Å²) in [4.78, 5) is 34.3. The van der Waals surface area contributed by atoms with E-state index in [1.807, 2.05) is 0 Å². The molecule has 0 unspecified atom stereocenters. The zero-order valence-corrected chi connectivity index (χ0v) is 9.66. The second-order valence-electron chi connectivity index (χ2n) is 0.500. The van der Waals surface area contributed by atoms with Crippen molar-refractivity contribution >= 4 is 57.9 Å². The predicted octanol–water partition coefficient (Wildman–Crippen LogP) is -5.52. The summed E-state index contributed by atoms with van der Waals surface area (Å²) in [5, 5.41) is 0. The maximum atomic E-state index is 8.58. The van der Waals surface area contributed by atoms with Crippen molar-refractivity contribution in [3.05, 3.63) is 0 Å². The molecule has 0 fully saturated rings. The molecule has 0 saturated heterocycles. The second kappa shape index (κ2) is 6.26. The predicted molar refractivity (Wildman–Crippen MR) is 11.5 cm³/mol. The van der Waals surface area contributed by atoms with Gasteiger partial charge in [0.25, 0.3) is 0 Å². The molecule has 0 amide bonds. The van der Waals surface area contributed by atoms with Crippen molar-refractivity contribution in [2.75, 3.05) is 0 Å². The Bertz CT molecular complexity index is 27.2. The molecule has 0 saturated carbocycles. The Morgan fingerprint density at radius 1 is 0.857 bits per heavy atom. The number of hydrogen-bond acceptors (Lipinski definition) is 4. The second-order valence-corrected chi connectivity index (χ2v) is 1.50. The molecular weight excluding hydrogens is 288 g/mol. The quantitative estimate of drug-likeness (QED) is 0.416. The normalized spacial score (nSPS) is 8.57. The molecule has 0 N–H and O–H groups in total. The van der Waals surface area contributed by atoms with Gasteiger partial charge >= 0.3 is 65.7 Å². The summed E-state index contributed by atoms with van der Waals surface area (Å²) in [6.45, 7) is 0. The van der Waals surface area contributed by atoms with Crippen LogP contribution in [0.2, 0.25) is 0 Å². The molecular formula is BaCoO4Si. The fourth-order valence-corrected chi connectivity index (χ4v) is 0. The van der Waals surface area contributed by atoms with Crippen LogP contribution in [-0.4, -0.2) is 57.9 Å². The van der Waals surface area contributed by atoms with E-state index in [4.69, 9.17) is 19.2 Å². The molecule has 0 aromatic rings. The van der Waals surface area contributed by atoms with Crippen molar-refractivity contribution in [2.24, 2.45) is 0 Å². The van der Waals surface area contributed by atoms with E-state index < -0.39 is 9.05 Å². The number of hydrogen-bond donors (Lipinski definition) is 0. The molecule has 1 radical (unpaired) electrons. The van der Waals surface area contributed by atoms with Crippen molar-refractivity contribution in [3.8, 4) is 0 Å². The van der Waals surface area contributed by atoms with Gasteiger partial charge in [-0.05, 0) is 0 Å². The summed E-state index contributed by atoms with van der Waals surface area (Å²) in [5.74, 6) is 0. The van der Waals surface area contributed by atoms with Crippen LogP contribution >= 0.6 is 0 Å². The molecule has 0 heterocycles. The molecule has 0 aromatic carbocycles. The fraction of sp³-hybridized carbons (Fsp3) is 0. The van der Waals surface area contributed by atoms with E-state index in [2.05, 4.69) is 0 Å². The van der Waals surface area contributed by atoms with Gasteiger partial charge in [-0.2, -0.15) is 0 Å². The summed E-state index contributed by atoms with van der Waals surface area (Å²) in [6.07, 6.45) is 0. The minimum Gasteiger partial charge on any atom is -0.894 e. The summed E-state index contributed by atoms with van der Waals surface area (Å²) in [5.41, 5.74) is 0. The van der Waals surface area contributed by atoms with Crippen LogP contribution in [0, 0.1) is 0 Å². The van der Waals surface area contributed by atoms with E-state index in [1.54, 1.807) is 0 Å². The van der Waals surface area contributed by atoms with Gasteiger partial charge in [-0.1, -0.05) is 0 Å². The molecule has 0 bridgehead atoms. The first-order chi connectivity index (χ1) is 2.00. The number of rotatable bonds is 0. The average molecular weight is 288 g/mol. The standard InChI is InChI=1S/Ba.Co.O4Si/c;;1-5(2,3)4/q2*+2;-4. The van der Waals surface area contributed by atoms with Crippen LogP contribution in [0.3, 0.4) is 0 Å². The maximum Gasteiger partial charge on any atom is 2.00 e. The SMILES string of the molecule is [Ba+2].[Co+2].[O-][Si]([O-])([O-])[O-]. The van der Waals surface area contributed by atoms with Gasteiger partial charge in [-0.3, -0.25) is 0 Å². The Labute approximate surface area is 92.3 Å². The van der Waals surface area contributed by atoms with E-state index in [0.29, 0.717) is 0 Å². The molecule has 7 heteroatoms. The summed E-state index contributed by atoms with van der Waals surface area (Å²) >= 11 is 0. The first-order valence-corrected chi connectivity index (χ1v) is 2.45. The molecule has 0 aliphatic rings. The van der Waals surface area contributed by atoms with Gasteiger partial charge in [-0.25, -0.2) is 0 Å². The maximum absolute atomic E-state index is 8.58. The van der Waals surface area contributed by atoms with Crippen LogP contribution in [0.4, 0.5) is 0 Å². The molecule has 39 valence electrons. The van der Waals surface area contributed by atoms with E-state index in [9.17, 15) is 0 Å². The monoisotopic (exact) mass is 289 g/mol. The fourth-order valence-electron chi connectivity index (χ4n) is 0. The van der Waals surface area contributed by atoms with Crippen molar-refractivity contribution in [2.45, 2.75) is 0 Å². The smallest absolute Gasteiger partial charge is 0.894 e. The zero-order chi connectivity index (χ0) is 4.50. The van der Waals surface area contributed by atoms with Gasteiger partial charge in [0.05, 0.1) is 0 Å². The molecule has 7 heavy (non-hydrogen) atoms. The van der Waals surface area contributed by atoms with Crippen LogP contribution in [0.5, 0.6) is 0 Å². The molecule has 0 atom stereocenters. The van der Waals surface area contributed by atoms with E-state index >= 15 is 0 Å². The van der Waals surface area contributed by atoms with Crippen LogP contribution in [0.1, 0.15) is 0 Å². The van der Waals surface area contributed by atoms with Gasteiger partial charge in [0.15, 0.2) is 0 Å². The van der Waals surface area contributed by atoms with E-state index in [-0.39, 0.29) is 65.7 Å². The van der Waals surface area contributed by atoms with E-state index in [0.717, 1.165) is 0 Å². The largest absolute Gasteiger partial charge is 2.00 e. The molecule has 4 nitrogen and oxygen atoms in total. The van der Waals surface area contributed by atoms with Crippen LogP contribution in [0.25, 0.3) is 0 Å². The van der Waals surface area contributed by atoms with Gasteiger partial charge in [-0.15, -0.1) is 0 Å². The molecule has 0 spiro atoms. The minimum absolute atomic E-state index is 0. The minimum atomic E-state index is -5.61. The van der Waals surface area contributed by atoms with Gasteiger partial charge < -0.3 is 28.2 Å².